The van der Waals surface area contributed by atoms with Crippen LogP contribution in [0.3, 0.4) is 0 Å². The molecule has 0 atom stereocenters. The highest BCUT2D eigenvalue weighted by atomic mass is 32.3. The summed E-state index contributed by atoms with van der Waals surface area (Å²) in [5, 5.41) is 18.7. The van der Waals surface area contributed by atoms with Crippen LogP contribution in [0.2, 0.25) is 0 Å². The van der Waals surface area contributed by atoms with Gasteiger partial charge in [0.05, 0.1) is 0 Å². The Morgan fingerprint density at radius 3 is 2.10 bits per heavy atom. The molecule has 2 rings (SSSR count). The first-order valence-electron chi connectivity index (χ1n) is 6.09. The van der Waals surface area contributed by atoms with E-state index in [-0.39, 0.29) is 17.2 Å². The van der Waals surface area contributed by atoms with Crippen LogP contribution in [-0.2, 0) is 23.2 Å². The minimum atomic E-state index is -4.62. The van der Waals surface area contributed by atoms with Gasteiger partial charge in [0.1, 0.15) is 17.2 Å². The van der Waals surface area contributed by atoms with Gasteiger partial charge >= 0.3 is 10.4 Å². The van der Waals surface area contributed by atoms with Crippen molar-refractivity contribution in [3.05, 3.63) is 53.6 Å². The van der Waals surface area contributed by atoms with Gasteiger partial charge in [-0.25, -0.2) is 0 Å². The second kappa shape index (κ2) is 6.02. The largest absolute Gasteiger partial charge is 0.508 e. The number of benzene rings is 2. The van der Waals surface area contributed by atoms with Gasteiger partial charge in [-0.05, 0) is 48.2 Å². The molecule has 6 nitrogen and oxygen atoms in total. The van der Waals surface area contributed by atoms with E-state index in [9.17, 15) is 18.6 Å². The fourth-order valence-electron chi connectivity index (χ4n) is 1.91. The molecule has 2 aromatic carbocycles. The van der Waals surface area contributed by atoms with Gasteiger partial charge in [-0.3, -0.25) is 4.55 Å². The van der Waals surface area contributed by atoms with Gasteiger partial charge < -0.3 is 14.4 Å². The molecule has 0 spiro atoms. The number of rotatable bonds is 5. The van der Waals surface area contributed by atoms with E-state index in [1.54, 1.807) is 24.3 Å². The Labute approximate surface area is 122 Å². The Balaban J connectivity index is 2.11. The lowest BCUT2D eigenvalue weighted by Gasteiger charge is -2.07. The maximum absolute atomic E-state index is 10.7. The Morgan fingerprint density at radius 1 is 0.857 bits per heavy atom. The van der Waals surface area contributed by atoms with Crippen LogP contribution in [-0.4, -0.2) is 23.2 Å². The molecular formula is C14H14O6S. The zero-order valence-electron chi connectivity index (χ0n) is 10.9. The molecule has 112 valence electrons. The molecule has 0 unspecified atom stereocenters. The van der Waals surface area contributed by atoms with E-state index in [1.165, 1.54) is 12.1 Å². The van der Waals surface area contributed by atoms with Gasteiger partial charge in [0.2, 0.25) is 0 Å². The van der Waals surface area contributed by atoms with Gasteiger partial charge in [-0.1, -0.05) is 12.1 Å². The molecule has 0 saturated heterocycles. The van der Waals surface area contributed by atoms with Crippen molar-refractivity contribution in [1.82, 2.24) is 0 Å². The normalized spacial score (nSPS) is 11.3. The van der Waals surface area contributed by atoms with E-state index in [1.807, 2.05) is 0 Å². The van der Waals surface area contributed by atoms with Crippen molar-refractivity contribution in [1.29, 1.82) is 0 Å². The standard InChI is InChI=1S/C14H14O6S/c15-12-5-3-10(4-6-12)1-2-11-7-13(16)9-14(8-11)20-21(17,18)19/h3-9,15-16H,1-2H2,(H,17,18,19). The summed E-state index contributed by atoms with van der Waals surface area (Å²) in [6.07, 6.45) is 1.16. The topological polar surface area (TPSA) is 104 Å². The molecule has 0 radical (unpaired) electrons. The van der Waals surface area contributed by atoms with Crippen LogP contribution in [0.5, 0.6) is 17.2 Å². The van der Waals surface area contributed by atoms with E-state index in [0.29, 0.717) is 18.4 Å². The monoisotopic (exact) mass is 310 g/mol. The second-order valence-electron chi connectivity index (χ2n) is 4.51. The van der Waals surface area contributed by atoms with E-state index < -0.39 is 10.4 Å². The summed E-state index contributed by atoms with van der Waals surface area (Å²) in [4.78, 5) is 0. The zero-order valence-corrected chi connectivity index (χ0v) is 11.7. The van der Waals surface area contributed by atoms with Crippen molar-refractivity contribution in [2.24, 2.45) is 0 Å². The van der Waals surface area contributed by atoms with Gasteiger partial charge in [0.15, 0.2) is 0 Å². The first kappa shape index (κ1) is 15.1. The molecule has 0 aliphatic carbocycles. The van der Waals surface area contributed by atoms with E-state index >= 15 is 0 Å². The van der Waals surface area contributed by atoms with E-state index in [0.717, 1.165) is 11.6 Å². The molecule has 3 N–H and O–H groups in total. The van der Waals surface area contributed by atoms with Gasteiger partial charge in [-0.15, -0.1) is 0 Å². The van der Waals surface area contributed by atoms with Gasteiger partial charge in [-0.2, -0.15) is 8.42 Å². The number of aryl methyl sites for hydroxylation is 2. The first-order valence-corrected chi connectivity index (χ1v) is 7.46. The van der Waals surface area contributed by atoms with Crippen LogP contribution in [0.15, 0.2) is 42.5 Å². The Hall–Kier alpha value is -2.25. The summed E-state index contributed by atoms with van der Waals surface area (Å²) >= 11 is 0. The fourth-order valence-corrected chi connectivity index (χ4v) is 2.25. The quantitative estimate of drug-likeness (QED) is 0.730. The molecule has 0 bridgehead atoms. The molecular weight excluding hydrogens is 296 g/mol. The third kappa shape index (κ3) is 4.97. The summed E-state index contributed by atoms with van der Waals surface area (Å²) in [5.74, 6) is -0.130. The molecule has 2 aromatic rings. The smallest absolute Gasteiger partial charge is 0.446 e. The molecule has 7 heteroatoms. The van der Waals surface area contributed by atoms with E-state index in [2.05, 4.69) is 4.18 Å². The van der Waals surface area contributed by atoms with Crippen molar-refractivity contribution in [2.75, 3.05) is 0 Å². The lowest BCUT2D eigenvalue weighted by atomic mass is 10.0. The molecule has 0 saturated carbocycles. The Kier molecular flexibility index (Phi) is 4.35. The maximum atomic E-state index is 10.7. The van der Waals surface area contributed by atoms with Crippen molar-refractivity contribution < 1.29 is 27.4 Å². The van der Waals surface area contributed by atoms with Crippen molar-refractivity contribution in [3.8, 4) is 17.2 Å². The minimum Gasteiger partial charge on any atom is -0.508 e. The maximum Gasteiger partial charge on any atom is 0.446 e. The van der Waals surface area contributed by atoms with Crippen LogP contribution < -0.4 is 4.18 Å². The third-order valence-electron chi connectivity index (χ3n) is 2.79. The summed E-state index contributed by atoms with van der Waals surface area (Å²) in [5.41, 5.74) is 1.63. The molecule has 0 heterocycles. The van der Waals surface area contributed by atoms with Crippen molar-refractivity contribution >= 4 is 10.4 Å². The van der Waals surface area contributed by atoms with E-state index in [4.69, 9.17) is 4.55 Å². The number of hydrogen-bond acceptors (Lipinski definition) is 5. The van der Waals surface area contributed by atoms with Crippen LogP contribution in [0.25, 0.3) is 0 Å². The van der Waals surface area contributed by atoms with Crippen LogP contribution in [0, 0.1) is 0 Å². The molecule has 0 aliphatic heterocycles. The SMILES string of the molecule is O=S(=O)(O)Oc1cc(O)cc(CCc2ccc(O)cc2)c1. The molecule has 0 aromatic heterocycles. The summed E-state index contributed by atoms with van der Waals surface area (Å²) < 4.78 is 34.3. The fraction of sp³-hybridized carbons (Fsp3) is 0.143. The molecule has 0 aliphatic rings. The zero-order chi connectivity index (χ0) is 15.5. The second-order valence-corrected chi connectivity index (χ2v) is 5.53. The van der Waals surface area contributed by atoms with Crippen LogP contribution in [0.4, 0.5) is 0 Å². The number of phenolic OH excluding ortho intramolecular Hbond substituents is 2. The number of aromatic hydroxyl groups is 2. The molecule has 0 fully saturated rings. The predicted molar refractivity (Wildman–Crippen MR) is 75.8 cm³/mol. The summed E-state index contributed by atoms with van der Waals surface area (Å²) in [7, 11) is -4.62. The Morgan fingerprint density at radius 2 is 1.48 bits per heavy atom. The number of hydrogen-bond donors (Lipinski definition) is 3. The van der Waals surface area contributed by atoms with Crippen LogP contribution in [0.1, 0.15) is 11.1 Å². The summed E-state index contributed by atoms with van der Waals surface area (Å²) in [6, 6.07) is 10.7. The third-order valence-corrected chi connectivity index (χ3v) is 3.19. The highest BCUT2D eigenvalue weighted by Gasteiger charge is 2.09. The Bertz CT molecular complexity index is 722. The predicted octanol–water partition coefficient (Wildman–Crippen LogP) is 2.06. The van der Waals surface area contributed by atoms with Gasteiger partial charge in [0.25, 0.3) is 0 Å². The lowest BCUT2D eigenvalue weighted by Crippen LogP contribution is -2.06. The average molecular weight is 310 g/mol. The average Bonchev–Trinajstić information content (AvgIpc) is 2.35. The van der Waals surface area contributed by atoms with Crippen molar-refractivity contribution in [3.63, 3.8) is 0 Å². The summed E-state index contributed by atoms with van der Waals surface area (Å²) in [6.45, 7) is 0. The highest BCUT2D eigenvalue weighted by Crippen LogP contribution is 2.24. The van der Waals surface area contributed by atoms with Gasteiger partial charge in [0, 0.05) is 6.07 Å². The highest BCUT2D eigenvalue weighted by molar-refractivity contribution is 7.81. The van der Waals surface area contributed by atoms with Crippen molar-refractivity contribution in [2.45, 2.75) is 12.8 Å². The first-order chi connectivity index (χ1) is 9.82. The minimum absolute atomic E-state index is 0.154. The van der Waals surface area contributed by atoms with Crippen LogP contribution >= 0.6 is 0 Å². The molecule has 21 heavy (non-hydrogen) atoms. The number of phenols is 2. The molecule has 0 amide bonds. The lowest BCUT2D eigenvalue weighted by molar-refractivity contribution is 0.385.